The van der Waals surface area contributed by atoms with Crippen molar-refractivity contribution in [2.45, 2.75) is 39.5 Å². The molecule has 0 saturated heterocycles. The summed E-state index contributed by atoms with van der Waals surface area (Å²) in [5.74, 6) is -0.695. The number of hydrogen-bond donors (Lipinski definition) is 2. The highest BCUT2D eigenvalue weighted by atomic mass is 32.1. The molecule has 3 rings (SSSR count). The van der Waals surface area contributed by atoms with E-state index >= 15 is 0 Å². The fourth-order valence-electron chi connectivity index (χ4n) is 3.46. The van der Waals surface area contributed by atoms with E-state index in [0.717, 1.165) is 34.8 Å². The molecular weight excluding hydrogens is 374 g/mol. The Morgan fingerprint density at radius 3 is 2.57 bits per heavy atom. The summed E-state index contributed by atoms with van der Waals surface area (Å²) in [7, 11) is 0. The zero-order chi connectivity index (χ0) is 20.1. The molecule has 1 aliphatic heterocycles. The topological polar surface area (TPSA) is 78.5 Å². The highest BCUT2D eigenvalue weighted by Crippen LogP contribution is 2.26. The molecule has 1 aromatic heterocycles. The van der Waals surface area contributed by atoms with E-state index in [2.05, 4.69) is 16.9 Å². The second-order valence-corrected chi connectivity index (χ2v) is 8.46. The minimum absolute atomic E-state index is 0.0417. The van der Waals surface area contributed by atoms with Gasteiger partial charge < -0.3 is 4.90 Å². The lowest BCUT2D eigenvalue weighted by Crippen LogP contribution is -2.47. The highest BCUT2D eigenvalue weighted by molar-refractivity contribution is 7.12. The molecule has 28 heavy (non-hydrogen) atoms. The number of benzene rings is 1. The Hall–Kier alpha value is -2.67. The van der Waals surface area contributed by atoms with Gasteiger partial charge in [-0.1, -0.05) is 18.2 Å². The molecule has 2 aromatic rings. The van der Waals surface area contributed by atoms with Gasteiger partial charge in [0, 0.05) is 40.4 Å². The van der Waals surface area contributed by atoms with Gasteiger partial charge in [-0.15, -0.1) is 11.3 Å². The second-order valence-electron chi connectivity index (χ2n) is 7.00. The Bertz CT molecular complexity index is 891. The number of Topliss-reactive ketones (excluding diaryl/α,β-unsaturated/α-hetero) is 1. The summed E-state index contributed by atoms with van der Waals surface area (Å²) in [6, 6.07) is 9.92. The van der Waals surface area contributed by atoms with Gasteiger partial charge in [0.15, 0.2) is 5.78 Å². The van der Waals surface area contributed by atoms with E-state index in [-0.39, 0.29) is 37.0 Å². The Kier molecular flexibility index (Phi) is 6.46. The van der Waals surface area contributed by atoms with Crippen molar-refractivity contribution in [3.8, 4) is 0 Å². The molecule has 6 nitrogen and oxygen atoms in total. The predicted octanol–water partition coefficient (Wildman–Crippen LogP) is 2.93. The van der Waals surface area contributed by atoms with Crippen LogP contribution in [0.25, 0.3) is 0 Å². The Morgan fingerprint density at radius 2 is 1.82 bits per heavy atom. The molecule has 0 radical (unpaired) electrons. The van der Waals surface area contributed by atoms with E-state index in [0.29, 0.717) is 5.56 Å². The summed E-state index contributed by atoms with van der Waals surface area (Å²) in [5.41, 5.74) is 7.85. The molecule has 0 fully saturated rings. The average molecular weight is 400 g/mol. The zero-order valence-corrected chi connectivity index (χ0v) is 17.0. The molecule has 148 valence electrons. The number of carbonyl (C=O) groups is 3. The largest absolute Gasteiger partial charge is 0.362 e. The van der Waals surface area contributed by atoms with Crippen molar-refractivity contribution < 1.29 is 14.4 Å². The Labute approximate surface area is 168 Å². The molecule has 0 bridgehead atoms. The number of aryl methyl sites for hydroxylation is 3. The van der Waals surface area contributed by atoms with Crippen LogP contribution in [0.3, 0.4) is 0 Å². The van der Waals surface area contributed by atoms with Crippen LogP contribution in [0.2, 0.25) is 0 Å². The van der Waals surface area contributed by atoms with Crippen molar-refractivity contribution in [2.24, 2.45) is 0 Å². The molecule has 2 N–H and O–H groups in total. The predicted molar refractivity (Wildman–Crippen MR) is 111 cm³/mol. The van der Waals surface area contributed by atoms with E-state index in [1.165, 1.54) is 5.56 Å². The molecule has 7 heteroatoms. The summed E-state index contributed by atoms with van der Waals surface area (Å²) in [4.78, 5) is 40.5. The lowest BCUT2D eigenvalue weighted by molar-refractivity contribution is -0.128. The number of fused-ring (bicyclic) bond motifs is 1. The van der Waals surface area contributed by atoms with Crippen molar-refractivity contribution >= 4 is 34.6 Å². The van der Waals surface area contributed by atoms with Gasteiger partial charge >= 0.3 is 0 Å². The fourth-order valence-corrected chi connectivity index (χ4v) is 4.40. The zero-order valence-electron chi connectivity index (χ0n) is 16.2. The van der Waals surface area contributed by atoms with Gasteiger partial charge in [-0.05, 0) is 44.4 Å². The highest BCUT2D eigenvalue weighted by Gasteiger charge is 2.19. The number of nitrogens with zero attached hydrogens (tertiary/aromatic N) is 1. The number of carbonyl (C=O) groups excluding carboxylic acids is 3. The smallest absolute Gasteiger partial charge is 0.257 e. The standard InChI is InChI=1S/C21H25N3O3S/c1-14-12-17(15(2)28-14)19(25)9-10-20(26)22-23-21(27)13-24-11-5-7-16-6-3-4-8-18(16)24/h3-4,6,8,12H,5,7,9-11,13H2,1-2H3,(H,22,26)(H,23,27). The second kappa shape index (κ2) is 9.01. The molecule has 0 saturated carbocycles. The number of para-hydroxylation sites is 1. The van der Waals surface area contributed by atoms with Crippen LogP contribution < -0.4 is 15.8 Å². The number of nitrogens with one attached hydrogen (secondary N) is 2. The third-order valence-electron chi connectivity index (χ3n) is 4.80. The molecule has 0 spiro atoms. The van der Waals surface area contributed by atoms with Crippen molar-refractivity contribution in [2.75, 3.05) is 18.0 Å². The molecule has 2 amide bonds. The van der Waals surface area contributed by atoms with Crippen LogP contribution in [-0.2, 0) is 16.0 Å². The monoisotopic (exact) mass is 399 g/mol. The molecule has 2 heterocycles. The van der Waals surface area contributed by atoms with Crippen LogP contribution >= 0.6 is 11.3 Å². The van der Waals surface area contributed by atoms with E-state index < -0.39 is 0 Å². The maximum atomic E-state index is 12.2. The molecule has 1 aliphatic rings. The number of ketones is 1. The first-order valence-electron chi connectivity index (χ1n) is 9.45. The first kappa shape index (κ1) is 20.1. The number of anilines is 1. The van der Waals surface area contributed by atoms with E-state index in [4.69, 9.17) is 0 Å². The lowest BCUT2D eigenvalue weighted by atomic mass is 10.0. The van der Waals surface area contributed by atoms with Crippen molar-refractivity contribution in [1.82, 2.24) is 10.9 Å². The van der Waals surface area contributed by atoms with E-state index in [1.54, 1.807) is 11.3 Å². The van der Waals surface area contributed by atoms with Gasteiger partial charge in [0.2, 0.25) is 5.91 Å². The maximum Gasteiger partial charge on any atom is 0.257 e. The number of hydrogen-bond acceptors (Lipinski definition) is 5. The van der Waals surface area contributed by atoms with Crippen molar-refractivity contribution in [3.05, 3.63) is 51.2 Å². The number of amides is 2. The molecule has 0 atom stereocenters. The third-order valence-corrected chi connectivity index (χ3v) is 5.77. The number of rotatable bonds is 6. The van der Waals surface area contributed by atoms with Gasteiger partial charge in [0.05, 0.1) is 6.54 Å². The quantitative estimate of drug-likeness (QED) is 0.578. The van der Waals surface area contributed by atoms with Gasteiger partial charge in [-0.25, -0.2) is 0 Å². The van der Waals surface area contributed by atoms with Gasteiger partial charge in [-0.3, -0.25) is 25.2 Å². The van der Waals surface area contributed by atoms with Crippen LogP contribution in [0.1, 0.15) is 44.9 Å². The van der Waals surface area contributed by atoms with Crippen molar-refractivity contribution in [3.63, 3.8) is 0 Å². The van der Waals surface area contributed by atoms with Gasteiger partial charge in [-0.2, -0.15) is 0 Å². The maximum absolute atomic E-state index is 12.2. The SMILES string of the molecule is Cc1cc(C(=O)CCC(=O)NNC(=O)CN2CCCc3ccccc32)c(C)s1. The van der Waals surface area contributed by atoms with Crippen LogP contribution in [-0.4, -0.2) is 30.7 Å². The first-order chi connectivity index (χ1) is 13.4. The summed E-state index contributed by atoms with van der Waals surface area (Å²) in [6.45, 7) is 4.86. The summed E-state index contributed by atoms with van der Waals surface area (Å²) in [6.07, 6.45) is 2.18. The summed E-state index contributed by atoms with van der Waals surface area (Å²) in [5, 5.41) is 0. The van der Waals surface area contributed by atoms with Gasteiger partial charge in [0.25, 0.3) is 5.91 Å². The Balaban J connectivity index is 1.43. The molecular formula is C21H25N3O3S. The minimum Gasteiger partial charge on any atom is -0.362 e. The normalized spacial score (nSPS) is 13.0. The van der Waals surface area contributed by atoms with Gasteiger partial charge in [0.1, 0.15) is 0 Å². The number of hydrazine groups is 1. The Morgan fingerprint density at radius 1 is 1.07 bits per heavy atom. The summed E-state index contributed by atoms with van der Waals surface area (Å²) < 4.78 is 0. The van der Waals surface area contributed by atoms with E-state index in [1.807, 2.05) is 43.0 Å². The first-order valence-corrected chi connectivity index (χ1v) is 10.3. The van der Waals surface area contributed by atoms with E-state index in [9.17, 15) is 14.4 Å². The van der Waals surface area contributed by atoms with Crippen LogP contribution in [0, 0.1) is 13.8 Å². The minimum atomic E-state index is -0.370. The lowest BCUT2D eigenvalue weighted by Gasteiger charge is -2.30. The fraction of sp³-hybridized carbons (Fsp3) is 0.381. The summed E-state index contributed by atoms with van der Waals surface area (Å²) >= 11 is 1.57. The third kappa shape index (κ3) is 4.98. The average Bonchev–Trinajstić information content (AvgIpc) is 3.03. The van der Waals surface area contributed by atoms with Crippen LogP contribution in [0.15, 0.2) is 30.3 Å². The number of thiophene rings is 1. The van der Waals surface area contributed by atoms with Crippen molar-refractivity contribution in [1.29, 1.82) is 0 Å². The molecule has 0 aliphatic carbocycles. The van der Waals surface area contributed by atoms with Crippen LogP contribution in [0.4, 0.5) is 5.69 Å². The molecule has 0 unspecified atom stereocenters. The van der Waals surface area contributed by atoms with Crippen LogP contribution in [0.5, 0.6) is 0 Å². The molecule has 1 aromatic carbocycles.